The number of nitrogens with zero attached hydrogens (tertiary/aromatic N) is 1. The van der Waals surface area contributed by atoms with Gasteiger partial charge in [0.15, 0.2) is 0 Å². The molecule has 0 saturated heterocycles. The maximum absolute atomic E-state index is 3.95. The molecule has 0 spiro atoms. The summed E-state index contributed by atoms with van der Waals surface area (Å²) < 4.78 is 0. The highest BCUT2D eigenvalue weighted by Gasteiger charge is 2.15. The van der Waals surface area contributed by atoms with Crippen LogP contribution in [0.25, 0.3) is 0 Å². The van der Waals surface area contributed by atoms with Crippen LogP contribution in [0.1, 0.15) is 26.2 Å². The van der Waals surface area contributed by atoms with Gasteiger partial charge in [0.2, 0.25) is 0 Å². The molecule has 0 aromatic rings. The van der Waals surface area contributed by atoms with Crippen molar-refractivity contribution < 1.29 is 0 Å². The first kappa shape index (κ1) is 9.04. The Labute approximate surface area is 74.1 Å². The minimum Gasteiger partial charge on any atom is -0.367 e. The summed E-state index contributed by atoms with van der Waals surface area (Å²) >= 11 is 0. The Bertz CT molecular complexity index is 216. The van der Waals surface area contributed by atoms with Gasteiger partial charge in [-0.05, 0) is 31.6 Å². The molecule has 0 aliphatic carbocycles. The zero-order valence-electron chi connectivity index (χ0n) is 7.64. The van der Waals surface area contributed by atoms with E-state index >= 15 is 0 Å². The summed E-state index contributed by atoms with van der Waals surface area (Å²) in [4.78, 5) is 3.95. The van der Waals surface area contributed by atoms with Gasteiger partial charge in [-0.15, -0.1) is 0 Å². The molecule has 1 unspecified atom stereocenters. The molecule has 1 N–H and O–H groups in total. The molecule has 0 amide bonds. The molecule has 2 nitrogen and oxygen atoms in total. The highest BCUT2D eigenvalue weighted by Crippen LogP contribution is 2.20. The van der Waals surface area contributed by atoms with Crippen LogP contribution >= 0.6 is 0 Å². The molecule has 12 heavy (non-hydrogen) atoms. The van der Waals surface area contributed by atoms with Gasteiger partial charge >= 0.3 is 0 Å². The van der Waals surface area contributed by atoms with Gasteiger partial charge in [0.1, 0.15) is 5.82 Å². The molecule has 0 saturated carbocycles. The molecular weight excluding hydrogens is 148 g/mol. The number of nitrogens with one attached hydrogen (secondary N) is 1. The minimum absolute atomic E-state index is 0.564. The van der Waals surface area contributed by atoms with E-state index in [1.165, 1.54) is 12.0 Å². The monoisotopic (exact) mass is 164 g/mol. The molecule has 0 aromatic heterocycles. The van der Waals surface area contributed by atoms with Crippen LogP contribution in [-0.2, 0) is 0 Å². The van der Waals surface area contributed by atoms with Crippen molar-refractivity contribution in [3.05, 3.63) is 24.0 Å². The van der Waals surface area contributed by atoms with E-state index in [9.17, 15) is 0 Å². The summed E-state index contributed by atoms with van der Waals surface area (Å²) in [6.07, 6.45) is 5.26. The fourth-order valence-electron chi connectivity index (χ4n) is 1.46. The van der Waals surface area contributed by atoms with Crippen molar-refractivity contribution in [1.29, 1.82) is 0 Å². The van der Waals surface area contributed by atoms with Gasteiger partial charge in [-0.25, -0.2) is 4.99 Å². The second-order valence-corrected chi connectivity index (χ2v) is 3.02. The smallest absolute Gasteiger partial charge is 0.128 e. The SMILES string of the molecule is C=CC1=C(N=C)NC(CC)CC1. The summed E-state index contributed by atoms with van der Waals surface area (Å²) in [5.74, 6) is 0.920. The van der Waals surface area contributed by atoms with Crippen LogP contribution in [0.4, 0.5) is 0 Å². The Hall–Kier alpha value is -1.05. The lowest BCUT2D eigenvalue weighted by Gasteiger charge is -2.25. The summed E-state index contributed by atoms with van der Waals surface area (Å²) in [6, 6.07) is 0.564. The summed E-state index contributed by atoms with van der Waals surface area (Å²) in [6.45, 7) is 9.46. The Morgan fingerprint density at radius 2 is 2.50 bits per heavy atom. The standard InChI is InChI=1S/C10H16N2/c1-4-8-6-7-9(5-2)12-10(8)11-3/h4,9,12H,1,3,5-7H2,2H3. The number of rotatable bonds is 3. The number of aliphatic imine (C=N–C) groups is 1. The first-order chi connectivity index (χ1) is 5.81. The van der Waals surface area contributed by atoms with Crippen LogP contribution in [0.5, 0.6) is 0 Å². The molecule has 0 radical (unpaired) electrons. The van der Waals surface area contributed by atoms with Gasteiger partial charge in [-0.3, -0.25) is 0 Å². The molecule has 0 aromatic carbocycles. The van der Waals surface area contributed by atoms with Crippen LogP contribution in [0.15, 0.2) is 29.0 Å². The second kappa shape index (κ2) is 4.10. The topological polar surface area (TPSA) is 24.4 Å². The zero-order chi connectivity index (χ0) is 8.97. The van der Waals surface area contributed by atoms with Crippen molar-refractivity contribution in [2.45, 2.75) is 32.2 Å². The molecule has 1 aliphatic rings. The lowest BCUT2D eigenvalue weighted by Crippen LogP contribution is -2.31. The van der Waals surface area contributed by atoms with Gasteiger partial charge in [0.25, 0.3) is 0 Å². The van der Waals surface area contributed by atoms with Crippen molar-refractivity contribution in [2.24, 2.45) is 4.99 Å². The number of hydrogen-bond acceptors (Lipinski definition) is 2. The largest absolute Gasteiger partial charge is 0.367 e. The predicted molar refractivity (Wildman–Crippen MR) is 53.2 cm³/mol. The highest BCUT2D eigenvalue weighted by atomic mass is 15.1. The fraction of sp³-hybridized carbons (Fsp3) is 0.500. The first-order valence-electron chi connectivity index (χ1n) is 4.40. The quantitative estimate of drug-likeness (QED) is 0.636. The van der Waals surface area contributed by atoms with Crippen molar-refractivity contribution in [2.75, 3.05) is 0 Å². The third-order valence-corrected chi connectivity index (χ3v) is 2.30. The lowest BCUT2D eigenvalue weighted by molar-refractivity contribution is 0.481. The van der Waals surface area contributed by atoms with E-state index in [-0.39, 0.29) is 0 Å². The molecule has 1 rings (SSSR count). The normalized spacial score (nSPS) is 23.2. The van der Waals surface area contributed by atoms with E-state index in [0.717, 1.165) is 18.7 Å². The van der Waals surface area contributed by atoms with Crippen LogP contribution in [0.2, 0.25) is 0 Å². The maximum Gasteiger partial charge on any atom is 0.128 e. The fourth-order valence-corrected chi connectivity index (χ4v) is 1.46. The Kier molecular flexibility index (Phi) is 3.09. The minimum atomic E-state index is 0.564. The van der Waals surface area contributed by atoms with Crippen molar-refractivity contribution in [1.82, 2.24) is 5.32 Å². The van der Waals surface area contributed by atoms with E-state index in [1.807, 2.05) is 6.08 Å². The summed E-state index contributed by atoms with van der Waals surface area (Å²) in [7, 11) is 0. The molecule has 0 bridgehead atoms. The van der Waals surface area contributed by atoms with Gasteiger partial charge in [0, 0.05) is 6.04 Å². The molecule has 0 fully saturated rings. The third kappa shape index (κ3) is 1.76. The lowest BCUT2D eigenvalue weighted by atomic mass is 9.99. The Morgan fingerprint density at radius 3 is 3.00 bits per heavy atom. The van der Waals surface area contributed by atoms with Crippen LogP contribution in [-0.4, -0.2) is 12.8 Å². The van der Waals surface area contributed by atoms with Crippen LogP contribution < -0.4 is 5.32 Å². The summed E-state index contributed by atoms with van der Waals surface area (Å²) in [5, 5.41) is 3.33. The molecule has 1 atom stereocenters. The average molecular weight is 164 g/mol. The Balaban J connectivity index is 2.76. The first-order valence-corrected chi connectivity index (χ1v) is 4.40. The highest BCUT2D eigenvalue weighted by molar-refractivity contribution is 5.34. The Morgan fingerprint density at radius 1 is 1.75 bits per heavy atom. The third-order valence-electron chi connectivity index (χ3n) is 2.30. The molecule has 2 heteroatoms. The average Bonchev–Trinajstić information content (AvgIpc) is 2.16. The van der Waals surface area contributed by atoms with E-state index in [2.05, 4.69) is 30.5 Å². The predicted octanol–water partition coefficient (Wildman–Crippen LogP) is 2.25. The molecular formula is C10H16N2. The molecule has 1 heterocycles. The zero-order valence-corrected chi connectivity index (χ0v) is 7.64. The van der Waals surface area contributed by atoms with Crippen molar-refractivity contribution >= 4 is 6.72 Å². The summed E-state index contributed by atoms with van der Waals surface area (Å²) in [5.41, 5.74) is 1.19. The maximum atomic E-state index is 3.95. The molecule has 1 aliphatic heterocycles. The van der Waals surface area contributed by atoms with Gasteiger partial charge < -0.3 is 5.32 Å². The van der Waals surface area contributed by atoms with Gasteiger partial charge in [0.05, 0.1) is 0 Å². The van der Waals surface area contributed by atoms with Crippen LogP contribution in [0.3, 0.4) is 0 Å². The van der Waals surface area contributed by atoms with E-state index in [0.29, 0.717) is 6.04 Å². The van der Waals surface area contributed by atoms with E-state index < -0.39 is 0 Å². The number of hydrogen-bond donors (Lipinski definition) is 1. The van der Waals surface area contributed by atoms with E-state index in [4.69, 9.17) is 0 Å². The molecule has 66 valence electrons. The van der Waals surface area contributed by atoms with E-state index in [1.54, 1.807) is 0 Å². The van der Waals surface area contributed by atoms with Crippen LogP contribution in [0, 0.1) is 0 Å². The van der Waals surface area contributed by atoms with Crippen molar-refractivity contribution in [3.8, 4) is 0 Å². The second-order valence-electron chi connectivity index (χ2n) is 3.02. The number of allylic oxidation sites excluding steroid dienone is 2. The van der Waals surface area contributed by atoms with Gasteiger partial charge in [-0.2, -0.15) is 0 Å². The van der Waals surface area contributed by atoms with Crippen molar-refractivity contribution in [3.63, 3.8) is 0 Å². The van der Waals surface area contributed by atoms with Gasteiger partial charge in [-0.1, -0.05) is 19.6 Å².